The van der Waals surface area contributed by atoms with Gasteiger partial charge < -0.3 is 11.1 Å². The van der Waals surface area contributed by atoms with E-state index in [0.29, 0.717) is 0 Å². The number of carbonyl (C=O) groups is 1. The minimum absolute atomic E-state index is 0.0697. The molecule has 3 N–H and O–H groups in total. The van der Waals surface area contributed by atoms with Gasteiger partial charge in [-0.2, -0.15) is 13.2 Å². The molecule has 6 heteroatoms. The standard InChI is InChI=1S/C9H11F3N2O/c1-2-3-6(13)7(15)14-8(4-5-8)9(10,11)12/h1,6H,3-5,13H2,(H,14,15). The van der Waals surface area contributed by atoms with Crippen molar-refractivity contribution >= 4 is 5.91 Å². The number of hydrogen-bond acceptors (Lipinski definition) is 2. The summed E-state index contributed by atoms with van der Waals surface area (Å²) in [5.74, 6) is 1.28. The van der Waals surface area contributed by atoms with Crippen molar-refractivity contribution in [1.29, 1.82) is 0 Å². The summed E-state index contributed by atoms with van der Waals surface area (Å²) in [5.41, 5.74) is 3.22. The van der Waals surface area contributed by atoms with Gasteiger partial charge in [0, 0.05) is 6.42 Å². The van der Waals surface area contributed by atoms with Gasteiger partial charge in [0.15, 0.2) is 0 Å². The molecule has 0 bridgehead atoms. The molecule has 1 fully saturated rings. The maximum absolute atomic E-state index is 12.4. The van der Waals surface area contributed by atoms with E-state index in [0.717, 1.165) is 0 Å². The van der Waals surface area contributed by atoms with E-state index in [-0.39, 0.29) is 19.3 Å². The summed E-state index contributed by atoms with van der Waals surface area (Å²) in [5, 5.41) is 1.91. The molecule has 0 saturated heterocycles. The van der Waals surface area contributed by atoms with Crippen LogP contribution >= 0.6 is 0 Å². The monoisotopic (exact) mass is 220 g/mol. The van der Waals surface area contributed by atoms with Gasteiger partial charge in [0.1, 0.15) is 5.54 Å². The highest BCUT2D eigenvalue weighted by atomic mass is 19.4. The molecule has 1 rings (SSSR count). The van der Waals surface area contributed by atoms with Crippen LogP contribution in [0.15, 0.2) is 0 Å². The second-order valence-corrected chi connectivity index (χ2v) is 3.58. The fourth-order valence-electron chi connectivity index (χ4n) is 1.15. The molecule has 0 aromatic rings. The Hall–Kier alpha value is -1.22. The Bertz CT molecular complexity index is 301. The molecular formula is C9H11F3N2O. The summed E-state index contributed by atoms with van der Waals surface area (Å²) in [7, 11) is 0. The van der Waals surface area contributed by atoms with Crippen LogP contribution in [0.2, 0.25) is 0 Å². The van der Waals surface area contributed by atoms with E-state index in [4.69, 9.17) is 12.2 Å². The molecule has 3 nitrogen and oxygen atoms in total. The summed E-state index contributed by atoms with van der Waals surface area (Å²) in [6.45, 7) is 0. The van der Waals surface area contributed by atoms with Crippen LogP contribution < -0.4 is 11.1 Å². The summed E-state index contributed by atoms with van der Waals surface area (Å²) in [6, 6.07) is -1.07. The molecule has 0 aliphatic heterocycles. The normalized spacial score (nSPS) is 20.2. The van der Waals surface area contributed by atoms with E-state index in [1.807, 2.05) is 5.32 Å². The second kappa shape index (κ2) is 3.74. The lowest BCUT2D eigenvalue weighted by atomic mass is 10.2. The van der Waals surface area contributed by atoms with Crippen molar-refractivity contribution in [2.45, 2.75) is 37.0 Å². The molecule has 0 heterocycles. The molecule has 0 aromatic heterocycles. The van der Waals surface area contributed by atoms with E-state index in [1.54, 1.807) is 0 Å². The number of nitrogens with two attached hydrogens (primary N) is 1. The first-order valence-electron chi connectivity index (χ1n) is 4.40. The summed E-state index contributed by atoms with van der Waals surface area (Å²) < 4.78 is 37.2. The van der Waals surface area contributed by atoms with Crippen LogP contribution in [0.3, 0.4) is 0 Å². The molecule has 1 saturated carbocycles. The SMILES string of the molecule is C#CCC(N)C(=O)NC1(C(F)(F)F)CC1. The van der Waals surface area contributed by atoms with Crippen LogP contribution in [-0.2, 0) is 4.79 Å². The minimum Gasteiger partial charge on any atom is -0.341 e. The quantitative estimate of drug-likeness (QED) is 0.682. The predicted octanol–water partition coefficient (Wildman–Crippen LogP) is 0.548. The van der Waals surface area contributed by atoms with Gasteiger partial charge in [-0.15, -0.1) is 12.3 Å². The Morgan fingerprint density at radius 2 is 2.13 bits per heavy atom. The lowest BCUT2D eigenvalue weighted by Crippen LogP contribution is -2.52. The maximum atomic E-state index is 12.4. The molecule has 1 unspecified atom stereocenters. The zero-order valence-electron chi connectivity index (χ0n) is 7.90. The first-order chi connectivity index (χ1) is 6.82. The topological polar surface area (TPSA) is 55.1 Å². The average molecular weight is 220 g/mol. The van der Waals surface area contributed by atoms with Crippen LogP contribution in [0.4, 0.5) is 13.2 Å². The smallest absolute Gasteiger partial charge is 0.341 e. The third-order valence-electron chi connectivity index (χ3n) is 2.33. The van der Waals surface area contributed by atoms with Crippen LogP contribution in [-0.4, -0.2) is 23.7 Å². The minimum atomic E-state index is -4.42. The number of nitrogens with one attached hydrogen (secondary N) is 1. The molecule has 84 valence electrons. The van der Waals surface area contributed by atoms with Crippen molar-refractivity contribution in [2.75, 3.05) is 0 Å². The molecule has 0 radical (unpaired) electrons. The van der Waals surface area contributed by atoms with Gasteiger partial charge in [-0.1, -0.05) is 0 Å². The largest absolute Gasteiger partial charge is 0.411 e. The van der Waals surface area contributed by atoms with Crippen molar-refractivity contribution in [3.05, 3.63) is 0 Å². The Morgan fingerprint density at radius 1 is 1.60 bits per heavy atom. The van der Waals surface area contributed by atoms with E-state index < -0.39 is 23.7 Å². The highest BCUT2D eigenvalue weighted by Crippen LogP contribution is 2.48. The third kappa shape index (κ3) is 2.42. The van der Waals surface area contributed by atoms with Gasteiger partial charge in [0.2, 0.25) is 5.91 Å². The zero-order valence-corrected chi connectivity index (χ0v) is 7.90. The highest BCUT2D eigenvalue weighted by Gasteiger charge is 2.64. The van der Waals surface area contributed by atoms with Crippen molar-refractivity contribution in [1.82, 2.24) is 5.32 Å². The highest BCUT2D eigenvalue weighted by molar-refractivity contribution is 5.83. The first kappa shape index (κ1) is 11.9. The summed E-state index contributed by atoms with van der Waals surface area (Å²) in [6.07, 6.45) is 0.228. The van der Waals surface area contributed by atoms with E-state index in [9.17, 15) is 18.0 Å². The first-order valence-corrected chi connectivity index (χ1v) is 4.40. The van der Waals surface area contributed by atoms with E-state index in [2.05, 4.69) is 5.92 Å². The predicted molar refractivity (Wildman–Crippen MR) is 47.6 cm³/mol. The number of amides is 1. The van der Waals surface area contributed by atoms with Gasteiger partial charge in [0.25, 0.3) is 0 Å². The van der Waals surface area contributed by atoms with Crippen molar-refractivity contribution in [3.8, 4) is 12.3 Å². The van der Waals surface area contributed by atoms with Crippen molar-refractivity contribution in [2.24, 2.45) is 5.73 Å². The zero-order chi connectivity index (χ0) is 11.7. The molecule has 1 aliphatic carbocycles. The van der Waals surface area contributed by atoms with Crippen LogP contribution in [0, 0.1) is 12.3 Å². The Morgan fingerprint density at radius 3 is 2.47 bits per heavy atom. The summed E-state index contributed by atoms with van der Waals surface area (Å²) >= 11 is 0. The van der Waals surface area contributed by atoms with Gasteiger partial charge >= 0.3 is 6.18 Å². The fourth-order valence-corrected chi connectivity index (χ4v) is 1.15. The van der Waals surface area contributed by atoms with Crippen molar-refractivity contribution in [3.63, 3.8) is 0 Å². The second-order valence-electron chi connectivity index (χ2n) is 3.58. The lowest BCUT2D eigenvalue weighted by molar-refractivity contribution is -0.170. The molecule has 0 aromatic carbocycles. The third-order valence-corrected chi connectivity index (χ3v) is 2.33. The molecule has 0 spiro atoms. The number of terminal acetylenes is 1. The Labute approximate surface area is 85.2 Å². The fraction of sp³-hybridized carbons (Fsp3) is 0.667. The number of carbonyl (C=O) groups excluding carboxylic acids is 1. The number of halogens is 3. The van der Waals surface area contributed by atoms with Crippen LogP contribution in [0.25, 0.3) is 0 Å². The van der Waals surface area contributed by atoms with Gasteiger partial charge in [-0.25, -0.2) is 0 Å². The molecule has 1 amide bonds. The number of hydrogen-bond donors (Lipinski definition) is 2. The average Bonchev–Trinajstić information content (AvgIpc) is 2.84. The van der Waals surface area contributed by atoms with Gasteiger partial charge in [-0.05, 0) is 12.8 Å². The molecule has 1 atom stereocenters. The lowest BCUT2D eigenvalue weighted by Gasteiger charge is -2.22. The van der Waals surface area contributed by atoms with Crippen LogP contribution in [0.5, 0.6) is 0 Å². The Balaban J connectivity index is 2.57. The maximum Gasteiger partial charge on any atom is 0.411 e. The molecule has 15 heavy (non-hydrogen) atoms. The number of rotatable bonds is 3. The number of alkyl halides is 3. The van der Waals surface area contributed by atoms with Crippen LogP contribution in [0.1, 0.15) is 19.3 Å². The molecular weight excluding hydrogens is 209 g/mol. The molecule has 1 aliphatic rings. The van der Waals surface area contributed by atoms with Crippen molar-refractivity contribution < 1.29 is 18.0 Å². The van der Waals surface area contributed by atoms with Gasteiger partial charge in [-0.3, -0.25) is 4.79 Å². The Kier molecular flexibility index (Phi) is 2.95. The van der Waals surface area contributed by atoms with E-state index >= 15 is 0 Å². The van der Waals surface area contributed by atoms with Gasteiger partial charge in [0.05, 0.1) is 6.04 Å². The van der Waals surface area contributed by atoms with E-state index in [1.165, 1.54) is 0 Å². The summed E-state index contributed by atoms with van der Waals surface area (Å²) in [4.78, 5) is 11.2.